The van der Waals surface area contributed by atoms with E-state index in [0.717, 1.165) is 28.2 Å². The number of benzene rings is 2. The average Bonchev–Trinajstić information content (AvgIpc) is 3.11. The van der Waals surface area contributed by atoms with Gasteiger partial charge >= 0.3 is 0 Å². The minimum Gasteiger partial charge on any atom is -0.388 e. The van der Waals surface area contributed by atoms with E-state index in [1.165, 1.54) is 27.0 Å². The molecule has 2 aromatic carbocycles. The van der Waals surface area contributed by atoms with Crippen LogP contribution >= 0.6 is 11.3 Å². The normalized spacial score (nSPS) is 11.0. The molecule has 2 nitrogen and oxygen atoms in total. The fraction of sp³-hybridized carbons (Fsp3) is 0.174. The number of fused-ring (bicyclic) bond motifs is 1. The molecule has 0 radical (unpaired) electrons. The van der Waals surface area contributed by atoms with Crippen LogP contribution in [0.25, 0.3) is 31.9 Å². The Morgan fingerprint density at radius 3 is 2.38 bits per heavy atom. The van der Waals surface area contributed by atoms with Gasteiger partial charge in [-0.1, -0.05) is 37.3 Å². The predicted molar refractivity (Wildman–Crippen MR) is 114 cm³/mol. The number of anilines is 1. The third-order valence-electron chi connectivity index (χ3n) is 4.86. The van der Waals surface area contributed by atoms with Crippen LogP contribution in [0, 0.1) is 6.92 Å². The molecule has 0 saturated heterocycles. The van der Waals surface area contributed by atoms with Crippen molar-refractivity contribution >= 4 is 27.2 Å². The van der Waals surface area contributed by atoms with Crippen LogP contribution in [0.5, 0.6) is 0 Å². The van der Waals surface area contributed by atoms with Gasteiger partial charge in [0.1, 0.15) is 4.83 Å². The lowest BCUT2D eigenvalue weighted by Crippen LogP contribution is -1.87. The van der Waals surface area contributed by atoms with Gasteiger partial charge in [-0.3, -0.25) is 0 Å². The van der Waals surface area contributed by atoms with Crippen molar-refractivity contribution in [3.8, 4) is 21.7 Å². The lowest BCUT2D eigenvalue weighted by molar-refractivity contribution is 1.11. The maximum absolute atomic E-state index is 4.90. The van der Waals surface area contributed by atoms with Crippen LogP contribution in [0.3, 0.4) is 0 Å². The minimum absolute atomic E-state index is 1.02. The first-order chi connectivity index (χ1) is 12.7. The molecule has 2 aromatic heterocycles. The smallest absolute Gasteiger partial charge is 0.124 e. The second-order valence-electron chi connectivity index (χ2n) is 6.52. The Morgan fingerprint density at radius 2 is 1.69 bits per heavy atom. The standard InChI is InChI=1S/C23H22N2S/c1-4-16-5-6-18(13-15(16)2)22-14-19-9-12-21(25-23(19)26-22)17-7-10-20(24-3)11-8-17/h5-14,24H,4H2,1-3H3. The minimum atomic E-state index is 1.02. The molecule has 0 saturated carbocycles. The highest BCUT2D eigenvalue weighted by molar-refractivity contribution is 7.21. The van der Waals surface area contributed by atoms with Gasteiger partial charge in [0, 0.05) is 28.6 Å². The Morgan fingerprint density at radius 1 is 0.923 bits per heavy atom. The Balaban J connectivity index is 1.72. The van der Waals surface area contributed by atoms with E-state index in [1.807, 2.05) is 7.05 Å². The third-order valence-corrected chi connectivity index (χ3v) is 5.95. The number of aryl methyl sites for hydroxylation is 2. The van der Waals surface area contributed by atoms with Crippen LogP contribution < -0.4 is 5.32 Å². The van der Waals surface area contributed by atoms with Crippen molar-refractivity contribution in [2.24, 2.45) is 0 Å². The van der Waals surface area contributed by atoms with Crippen LogP contribution in [0.1, 0.15) is 18.1 Å². The summed E-state index contributed by atoms with van der Waals surface area (Å²) in [5.41, 5.74) is 7.33. The summed E-state index contributed by atoms with van der Waals surface area (Å²) < 4.78 is 0. The zero-order valence-corrected chi connectivity index (χ0v) is 16.2. The Labute approximate surface area is 158 Å². The van der Waals surface area contributed by atoms with Gasteiger partial charge in [0.15, 0.2) is 0 Å². The molecular formula is C23H22N2S. The van der Waals surface area contributed by atoms with Crippen molar-refractivity contribution in [1.29, 1.82) is 0 Å². The summed E-state index contributed by atoms with van der Waals surface area (Å²) in [6.07, 6.45) is 1.08. The molecule has 1 N–H and O–H groups in total. The van der Waals surface area contributed by atoms with Crippen molar-refractivity contribution in [2.45, 2.75) is 20.3 Å². The summed E-state index contributed by atoms with van der Waals surface area (Å²) in [7, 11) is 1.93. The van der Waals surface area contributed by atoms with Crippen molar-refractivity contribution in [3.05, 3.63) is 71.8 Å². The molecule has 0 spiro atoms. The first-order valence-corrected chi connectivity index (χ1v) is 9.78. The molecule has 0 aliphatic rings. The molecule has 0 amide bonds. The van der Waals surface area contributed by atoms with Crippen molar-refractivity contribution in [1.82, 2.24) is 4.98 Å². The van der Waals surface area contributed by atoms with E-state index in [4.69, 9.17) is 4.98 Å². The highest BCUT2D eigenvalue weighted by atomic mass is 32.1. The summed E-state index contributed by atoms with van der Waals surface area (Å²) in [5, 5.41) is 4.36. The zero-order valence-electron chi connectivity index (χ0n) is 15.3. The van der Waals surface area contributed by atoms with Crippen LogP contribution in [-0.2, 0) is 6.42 Å². The number of aromatic nitrogens is 1. The summed E-state index contributed by atoms with van der Waals surface area (Å²) in [6, 6.07) is 21.7. The van der Waals surface area contributed by atoms with Gasteiger partial charge in [-0.15, -0.1) is 11.3 Å². The first kappa shape index (κ1) is 16.8. The quantitative estimate of drug-likeness (QED) is 0.448. The molecule has 0 unspecified atom stereocenters. The molecule has 0 aliphatic carbocycles. The van der Waals surface area contributed by atoms with Crippen LogP contribution in [-0.4, -0.2) is 12.0 Å². The topological polar surface area (TPSA) is 24.9 Å². The van der Waals surface area contributed by atoms with Crippen molar-refractivity contribution in [2.75, 3.05) is 12.4 Å². The number of thiophene rings is 1. The SMILES string of the molecule is CCc1ccc(-c2cc3ccc(-c4ccc(NC)cc4)nc3s2)cc1C. The predicted octanol–water partition coefficient (Wildman–Crippen LogP) is 6.54. The van der Waals surface area contributed by atoms with E-state index in [-0.39, 0.29) is 0 Å². The largest absolute Gasteiger partial charge is 0.388 e. The Kier molecular flexibility index (Phi) is 4.48. The number of hydrogen-bond donors (Lipinski definition) is 1. The lowest BCUT2D eigenvalue weighted by atomic mass is 10.0. The Hall–Kier alpha value is -2.65. The number of pyridine rings is 1. The van der Waals surface area contributed by atoms with Gasteiger partial charge in [-0.2, -0.15) is 0 Å². The molecule has 0 atom stereocenters. The third kappa shape index (κ3) is 3.11. The highest BCUT2D eigenvalue weighted by Gasteiger charge is 2.09. The van der Waals surface area contributed by atoms with E-state index in [0.29, 0.717) is 0 Å². The molecular weight excluding hydrogens is 336 g/mol. The van der Waals surface area contributed by atoms with Crippen LogP contribution in [0.4, 0.5) is 5.69 Å². The van der Waals surface area contributed by atoms with E-state index in [9.17, 15) is 0 Å². The van der Waals surface area contributed by atoms with E-state index in [2.05, 4.69) is 79.8 Å². The summed E-state index contributed by atoms with van der Waals surface area (Å²) in [4.78, 5) is 7.27. The average molecular weight is 359 g/mol. The summed E-state index contributed by atoms with van der Waals surface area (Å²) >= 11 is 1.77. The number of rotatable bonds is 4. The van der Waals surface area contributed by atoms with Gasteiger partial charge < -0.3 is 5.32 Å². The molecule has 3 heteroatoms. The molecule has 0 bridgehead atoms. The number of nitrogens with zero attached hydrogens (tertiary/aromatic N) is 1. The monoisotopic (exact) mass is 358 g/mol. The van der Waals surface area contributed by atoms with E-state index < -0.39 is 0 Å². The molecule has 2 heterocycles. The van der Waals surface area contributed by atoms with E-state index in [1.54, 1.807) is 11.3 Å². The fourth-order valence-electron chi connectivity index (χ4n) is 3.27. The van der Waals surface area contributed by atoms with Crippen LogP contribution in [0.2, 0.25) is 0 Å². The Bertz CT molecular complexity index is 1060. The maximum atomic E-state index is 4.90. The maximum Gasteiger partial charge on any atom is 0.124 e. The molecule has 0 fully saturated rings. The van der Waals surface area contributed by atoms with Crippen molar-refractivity contribution in [3.63, 3.8) is 0 Å². The zero-order chi connectivity index (χ0) is 18.1. The fourth-order valence-corrected chi connectivity index (χ4v) is 4.30. The molecule has 26 heavy (non-hydrogen) atoms. The number of hydrogen-bond acceptors (Lipinski definition) is 3. The second kappa shape index (κ2) is 6.93. The summed E-state index contributed by atoms with van der Waals surface area (Å²) in [6.45, 7) is 4.40. The van der Waals surface area contributed by atoms with Crippen molar-refractivity contribution < 1.29 is 0 Å². The van der Waals surface area contributed by atoms with Crippen LogP contribution in [0.15, 0.2) is 60.7 Å². The van der Waals surface area contributed by atoms with Gasteiger partial charge in [0.25, 0.3) is 0 Å². The number of nitrogens with one attached hydrogen (secondary N) is 1. The van der Waals surface area contributed by atoms with Gasteiger partial charge in [0.05, 0.1) is 5.69 Å². The van der Waals surface area contributed by atoms with Gasteiger partial charge in [0.2, 0.25) is 0 Å². The van der Waals surface area contributed by atoms with E-state index >= 15 is 0 Å². The lowest BCUT2D eigenvalue weighted by Gasteiger charge is -2.05. The molecule has 4 rings (SSSR count). The van der Waals surface area contributed by atoms with Gasteiger partial charge in [-0.25, -0.2) is 4.98 Å². The molecule has 4 aromatic rings. The molecule has 0 aliphatic heterocycles. The first-order valence-electron chi connectivity index (χ1n) is 8.96. The summed E-state index contributed by atoms with van der Waals surface area (Å²) in [5.74, 6) is 0. The molecule has 130 valence electrons. The second-order valence-corrected chi connectivity index (χ2v) is 7.55. The van der Waals surface area contributed by atoms with Gasteiger partial charge in [-0.05, 0) is 60.4 Å². The highest BCUT2D eigenvalue weighted by Crippen LogP contribution is 2.34.